The van der Waals surface area contributed by atoms with E-state index in [-0.39, 0.29) is 6.04 Å². The zero-order chi connectivity index (χ0) is 20.4. The van der Waals surface area contributed by atoms with Crippen LogP contribution in [0.15, 0.2) is 10.2 Å². The Bertz CT molecular complexity index is 465. The van der Waals surface area contributed by atoms with E-state index in [1.807, 2.05) is 7.05 Å². The molecule has 0 spiro atoms. The summed E-state index contributed by atoms with van der Waals surface area (Å²) >= 11 is 0. The average Bonchev–Trinajstić information content (AvgIpc) is 3.10. The summed E-state index contributed by atoms with van der Waals surface area (Å²) in [5.41, 5.74) is 2.84. The highest BCUT2D eigenvalue weighted by atomic mass is 16.7. The maximum absolute atomic E-state index is 5.50. The Hall–Kier alpha value is -1.50. The fraction of sp³-hybridized carbons (Fsp3) is 0.900. The van der Waals surface area contributed by atoms with Gasteiger partial charge in [-0.1, -0.05) is 34.1 Å². The van der Waals surface area contributed by atoms with Crippen LogP contribution in [-0.4, -0.2) is 59.0 Å². The minimum absolute atomic E-state index is 0.250. The van der Waals surface area contributed by atoms with Crippen LogP contribution in [-0.2, 0) is 4.84 Å². The third kappa shape index (κ3) is 7.95. The molecule has 7 nitrogen and oxygen atoms in total. The Kier molecular flexibility index (Phi) is 10.5. The lowest BCUT2D eigenvalue weighted by Gasteiger charge is -2.34. The van der Waals surface area contributed by atoms with Crippen molar-refractivity contribution >= 4 is 12.2 Å². The highest BCUT2D eigenvalue weighted by Gasteiger charge is 2.24. The fourth-order valence-corrected chi connectivity index (χ4v) is 3.03. The van der Waals surface area contributed by atoms with Crippen LogP contribution in [0.1, 0.15) is 80.6 Å². The van der Waals surface area contributed by atoms with Gasteiger partial charge < -0.3 is 9.74 Å². The molecule has 0 amide bonds. The Morgan fingerprint density at radius 3 is 2.41 bits per heavy atom. The van der Waals surface area contributed by atoms with E-state index in [9.17, 15) is 0 Å². The van der Waals surface area contributed by atoms with E-state index >= 15 is 0 Å². The van der Waals surface area contributed by atoms with E-state index in [2.05, 4.69) is 75.3 Å². The van der Waals surface area contributed by atoms with E-state index in [0.29, 0.717) is 24.0 Å². The summed E-state index contributed by atoms with van der Waals surface area (Å²) in [6.45, 7) is 16.3. The highest BCUT2D eigenvalue weighted by Crippen LogP contribution is 2.18. The molecule has 1 heterocycles. The molecule has 0 aromatic carbocycles. The first-order chi connectivity index (χ1) is 12.8. The summed E-state index contributed by atoms with van der Waals surface area (Å²) in [7, 11) is 2.03. The van der Waals surface area contributed by atoms with Crippen molar-refractivity contribution in [1.29, 1.82) is 0 Å². The van der Waals surface area contributed by atoms with E-state index in [4.69, 9.17) is 9.94 Å². The van der Waals surface area contributed by atoms with Gasteiger partial charge in [-0.15, -0.1) is 5.10 Å². The first-order valence-corrected chi connectivity index (χ1v) is 10.6. The second-order valence-corrected chi connectivity index (χ2v) is 8.23. The van der Waals surface area contributed by atoms with Crippen molar-refractivity contribution < 1.29 is 4.84 Å². The van der Waals surface area contributed by atoms with Crippen LogP contribution in [0, 0.1) is 5.92 Å². The highest BCUT2D eigenvalue weighted by molar-refractivity contribution is 5.73. The van der Waals surface area contributed by atoms with Crippen molar-refractivity contribution in [3.8, 4) is 0 Å². The lowest BCUT2D eigenvalue weighted by molar-refractivity contribution is 0.00649. The van der Waals surface area contributed by atoms with Gasteiger partial charge in [-0.25, -0.2) is 0 Å². The molecule has 1 aliphatic heterocycles. The third-order valence-corrected chi connectivity index (χ3v) is 4.83. The molecule has 0 aromatic heterocycles. The van der Waals surface area contributed by atoms with Crippen LogP contribution < -0.4 is 5.59 Å². The minimum Gasteiger partial charge on any atom is -0.347 e. The number of amidine groups is 1. The number of rotatable bonds is 12. The standard InChI is InChI=1S/C20H42N6O/c1-9-11-18(7)25(21-14-12-16(3)4)19(10-2)13-15-24(8)20-22-26(17(5)6)23-27-20/h14,16-19,23H,9-13,15H2,1-8H3/b21-14-/t18-,19+/m1/s1. The normalized spacial score (nSPS) is 16.8. The fourth-order valence-electron chi connectivity index (χ4n) is 3.03. The van der Waals surface area contributed by atoms with Crippen molar-refractivity contribution in [3.63, 3.8) is 0 Å². The SMILES string of the molecule is CCC[C@@H](C)N(/N=C\CC(C)C)[C@@H](CC)CCN(C)C1=NN(C(C)C)NO1. The van der Waals surface area contributed by atoms with Crippen molar-refractivity contribution in [2.24, 2.45) is 16.1 Å². The molecule has 0 fully saturated rings. The summed E-state index contributed by atoms with van der Waals surface area (Å²) in [4.78, 5) is 7.57. The van der Waals surface area contributed by atoms with Gasteiger partial charge in [0.25, 0.3) is 0 Å². The Balaban J connectivity index is 2.70. The Labute approximate surface area is 166 Å². The van der Waals surface area contributed by atoms with Crippen LogP contribution in [0.5, 0.6) is 0 Å². The van der Waals surface area contributed by atoms with Gasteiger partial charge in [0.1, 0.15) is 0 Å². The molecular formula is C20H42N6O. The molecular weight excluding hydrogens is 340 g/mol. The summed E-state index contributed by atoms with van der Waals surface area (Å²) in [5.74, 6) is 0.636. The lowest BCUT2D eigenvalue weighted by atomic mass is 10.1. The number of hydrogen-bond acceptors (Lipinski definition) is 7. The van der Waals surface area contributed by atoms with Crippen molar-refractivity contribution in [3.05, 3.63) is 0 Å². The maximum atomic E-state index is 5.50. The van der Waals surface area contributed by atoms with Gasteiger partial charge in [0.05, 0.1) is 6.04 Å². The molecule has 0 aliphatic carbocycles. The van der Waals surface area contributed by atoms with Gasteiger partial charge in [0, 0.05) is 31.9 Å². The molecule has 1 N–H and O–H groups in total. The first-order valence-electron chi connectivity index (χ1n) is 10.6. The average molecular weight is 383 g/mol. The largest absolute Gasteiger partial charge is 0.347 e. The first kappa shape index (κ1) is 23.5. The monoisotopic (exact) mass is 382 g/mol. The smallest absolute Gasteiger partial charge is 0.332 e. The van der Waals surface area contributed by atoms with Crippen LogP contribution in [0.4, 0.5) is 0 Å². The summed E-state index contributed by atoms with van der Waals surface area (Å²) < 4.78 is 0. The molecule has 7 heteroatoms. The molecule has 27 heavy (non-hydrogen) atoms. The third-order valence-electron chi connectivity index (χ3n) is 4.83. The molecule has 0 unspecified atom stereocenters. The van der Waals surface area contributed by atoms with Gasteiger partial charge >= 0.3 is 6.02 Å². The van der Waals surface area contributed by atoms with Crippen LogP contribution >= 0.6 is 0 Å². The van der Waals surface area contributed by atoms with Crippen molar-refractivity contribution in [2.75, 3.05) is 13.6 Å². The molecule has 158 valence electrons. The number of hydrazine groups is 1. The van der Waals surface area contributed by atoms with Gasteiger partial charge in [0.15, 0.2) is 0 Å². The molecule has 1 rings (SSSR count). The summed E-state index contributed by atoms with van der Waals surface area (Å²) in [6, 6.07) is 1.73. The summed E-state index contributed by atoms with van der Waals surface area (Å²) in [6.07, 6.45) is 7.54. The number of hydrogen-bond donors (Lipinski definition) is 1. The van der Waals surface area contributed by atoms with Gasteiger partial charge in [0.2, 0.25) is 0 Å². The van der Waals surface area contributed by atoms with Gasteiger partial charge in [-0.3, -0.25) is 5.01 Å². The molecule has 1 aliphatic rings. The van der Waals surface area contributed by atoms with Crippen molar-refractivity contribution in [2.45, 2.75) is 98.7 Å². The van der Waals surface area contributed by atoms with E-state index in [0.717, 1.165) is 32.2 Å². The molecule has 0 radical (unpaired) electrons. The van der Waals surface area contributed by atoms with Crippen molar-refractivity contribution in [1.82, 2.24) is 20.6 Å². The number of nitrogens with one attached hydrogen (secondary N) is 1. The van der Waals surface area contributed by atoms with E-state index in [1.54, 1.807) is 5.12 Å². The topological polar surface area (TPSA) is 55.7 Å². The van der Waals surface area contributed by atoms with E-state index in [1.165, 1.54) is 6.42 Å². The van der Waals surface area contributed by atoms with Crippen LogP contribution in [0.25, 0.3) is 0 Å². The number of hydrazone groups is 2. The second-order valence-electron chi connectivity index (χ2n) is 8.23. The van der Waals surface area contributed by atoms with E-state index < -0.39 is 0 Å². The van der Waals surface area contributed by atoms with Crippen LogP contribution in [0.3, 0.4) is 0 Å². The zero-order valence-electron chi connectivity index (χ0n) is 18.8. The van der Waals surface area contributed by atoms with Gasteiger partial charge in [-0.2, -0.15) is 10.2 Å². The zero-order valence-corrected chi connectivity index (χ0v) is 18.8. The number of nitrogens with zero attached hydrogens (tertiary/aromatic N) is 5. The Morgan fingerprint density at radius 2 is 1.89 bits per heavy atom. The molecule has 0 aromatic rings. The molecule has 0 saturated carbocycles. The van der Waals surface area contributed by atoms with Gasteiger partial charge in [-0.05, 0) is 58.0 Å². The lowest BCUT2D eigenvalue weighted by Crippen LogP contribution is -2.40. The quantitative estimate of drug-likeness (QED) is 0.408. The summed E-state index contributed by atoms with van der Waals surface area (Å²) in [5, 5.41) is 13.4. The van der Waals surface area contributed by atoms with Crippen LogP contribution in [0.2, 0.25) is 0 Å². The maximum Gasteiger partial charge on any atom is 0.332 e. The molecule has 0 bridgehead atoms. The predicted octanol–water partition coefficient (Wildman–Crippen LogP) is 4.04. The molecule has 0 saturated heterocycles. The second kappa shape index (κ2) is 12.1. The molecule has 2 atom stereocenters. The Morgan fingerprint density at radius 1 is 1.19 bits per heavy atom. The minimum atomic E-state index is 0.250. The predicted molar refractivity (Wildman–Crippen MR) is 114 cm³/mol.